The zero-order valence-electron chi connectivity index (χ0n) is 18.4. The molecule has 1 aliphatic carbocycles. The van der Waals surface area contributed by atoms with E-state index >= 15 is 0 Å². The molecule has 4 aromatic rings. The maximum Gasteiger partial charge on any atom is 0.217 e. The van der Waals surface area contributed by atoms with Crippen molar-refractivity contribution in [3.05, 3.63) is 84.3 Å². The molecule has 7 heteroatoms. The van der Waals surface area contributed by atoms with Crippen LogP contribution in [0.2, 0.25) is 0 Å². The number of amides is 1. The molecule has 2 heterocycles. The molecule has 162 valence electrons. The number of hydrogen-bond donors (Lipinski definition) is 1. The minimum absolute atomic E-state index is 0.0465. The Morgan fingerprint density at radius 1 is 1.06 bits per heavy atom. The smallest absolute Gasteiger partial charge is 0.217 e. The number of rotatable bonds is 4. The summed E-state index contributed by atoms with van der Waals surface area (Å²) in [5, 5.41) is 16.9. The highest BCUT2D eigenvalue weighted by Gasteiger charge is 2.45. The fourth-order valence-electron chi connectivity index (χ4n) is 4.81. The Balaban J connectivity index is 1.67. The second-order valence-electron chi connectivity index (χ2n) is 9.03. The highest BCUT2D eigenvalue weighted by atomic mass is 16.1. The first-order chi connectivity index (χ1) is 15.4. The standard InChI is InChI=1S/C25H26N6O/c1-17(32)27-21-14-25(2,3)24(30-16-22(28-29-30)18-10-6-4-7-11-18)23-20(21)15-26-31(23)19-12-8-5-9-13-19/h4-13,15-16,21,24H,14H2,1-3H3,(H,27,32). The van der Waals surface area contributed by atoms with E-state index in [0.29, 0.717) is 0 Å². The van der Waals surface area contributed by atoms with Gasteiger partial charge in [0.05, 0.1) is 29.8 Å². The Labute approximate surface area is 187 Å². The number of para-hydroxylation sites is 1. The van der Waals surface area contributed by atoms with Gasteiger partial charge in [-0.15, -0.1) is 5.10 Å². The molecular weight excluding hydrogens is 400 g/mol. The Bertz CT molecular complexity index is 1240. The Kier molecular flexibility index (Phi) is 4.89. The lowest BCUT2D eigenvalue weighted by Crippen LogP contribution is -2.41. The molecule has 2 atom stereocenters. The zero-order chi connectivity index (χ0) is 22.3. The lowest BCUT2D eigenvalue weighted by Gasteiger charge is -2.42. The van der Waals surface area contributed by atoms with Crippen LogP contribution < -0.4 is 5.32 Å². The van der Waals surface area contributed by atoms with Crippen LogP contribution in [0.1, 0.15) is 50.5 Å². The predicted octanol–water partition coefficient (Wildman–Crippen LogP) is 4.33. The molecule has 2 unspecified atom stereocenters. The summed E-state index contributed by atoms with van der Waals surface area (Å²) >= 11 is 0. The third-order valence-corrected chi connectivity index (χ3v) is 6.16. The van der Waals surface area contributed by atoms with Gasteiger partial charge in [-0.05, 0) is 24.0 Å². The van der Waals surface area contributed by atoms with E-state index in [0.717, 1.165) is 34.6 Å². The van der Waals surface area contributed by atoms with Crippen molar-refractivity contribution in [2.75, 3.05) is 0 Å². The van der Waals surface area contributed by atoms with Gasteiger partial charge in [0.15, 0.2) is 0 Å². The van der Waals surface area contributed by atoms with Crippen LogP contribution in [-0.4, -0.2) is 30.7 Å². The van der Waals surface area contributed by atoms with Crippen molar-refractivity contribution in [2.24, 2.45) is 5.41 Å². The summed E-state index contributed by atoms with van der Waals surface area (Å²) in [5.74, 6) is -0.0465. The van der Waals surface area contributed by atoms with Gasteiger partial charge >= 0.3 is 0 Å². The van der Waals surface area contributed by atoms with E-state index in [1.165, 1.54) is 0 Å². The first-order valence-electron chi connectivity index (χ1n) is 10.8. The van der Waals surface area contributed by atoms with E-state index in [4.69, 9.17) is 5.10 Å². The number of carbonyl (C=O) groups is 1. The van der Waals surface area contributed by atoms with Gasteiger partial charge in [-0.3, -0.25) is 4.79 Å². The molecule has 1 N–H and O–H groups in total. The zero-order valence-corrected chi connectivity index (χ0v) is 18.4. The van der Waals surface area contributed by atoms with Crippen molar-refractivity contribution >= 4 is 5.91 Å². The van der Waals surface area contributed by atoms with Gasteiger partial charge in [0.1, 0.15) is 11.7 Å². The molecule has 5 rings (SSSR count). The van der Waals surface area contributed by atoms with Crippen LogP contribution >= 0.6 is 0 Å². The van der Waals surface area contributed by atoms with Crippen molar-refractivity contribution in [3.63, 3.8) is 0 Å². The summed E-state index contributed by atoms with van der Waals surface area (Å²) in [6, 6.07) is 19.9. The van der Waals surface area contributed by atoms with Crippen LogP contribution in [0.25, 0.3) is 16.9 Å². The van der Waals surface area contributed by atoms with E-state index in [-0.39, 0.29) is 23.4 Å². The largest absolute Gasteiger partial charge is 0.349 e. The summed E-state index contributed by atoms with van der Waals surface area (Å²) in [7, 11) is 0. The van der Waals surface area contributed by atoms with E-state index in [1.807, 2.05) is 82.4 Å². The van der Waals surface area contributed by atoms with Crippen molar-refractivity contribution in [3.8, 4) is 16.9 Å². The second kappa shape index (κ2) is 7.75. The molecule has 1 aliphatic rings. The minimum atomic E-state index is -0.214. The molecule has 0 saturated carbocycles. The summed E-state index contributed by atoms with van der Waals surface area (Å²) in [4.78, 5) is 12.0. The number of benzene rings is 2. The summed E-state index contributed by atoms with van der Waals surface area (Å²) in [6.07, 6.45) is 4.65. The SMILES string of the molecule is CC(=O)NC1CC(C)(C)C(n2cc(-c3ccccc3)nn2)c2c1cnn2-c1ccccc1. The van der Waals surface area contributed by atoms with Crippen LogP contribution in [0.15, 0.2) is 73.1 Å². The summed E-state index contributed by atoms with van der Waals surface area (Å²) in [5.41, 5.74) is 4.66. The Morgan fingerprint density at radius 2 is 1.75 bits per heavy atom. The molecule has 0 radical (unpaired) electrons. The second-order valence-corrected chi connectivity index (χ2v) is 9.03. The molecule has 7 nitrogen and oxygen atoms in total. The third-order valence-electron chi connectivity index (χ3n) is 6.16. The summed E-state index contributed by atoms with van der Waals surface area (Å²) in [6.45, 7) is 5.98. The fraction of sp³-hybridized carbons (Fsp3) is 0.280. The van der Waals surface area contributed by atoms with Gasteiger partial charge in [0.2, 0.25) is 5.91 Å². The number of carbonyl (C=O) groups excluding carboxylic acids is 1. The number of nitrogens with zero attached hydrogens (tertiary/aromatic N) is 5. The Hall–Kier alpha value is -3.74. The first-order valence-corrected chi connectivity index (χ1v) is 10.8. The molecule has 0 bridgehead atoms. The average Bonchev–Trinajstić information content (AvgIpc) is 3.42. The van der Waals surface area contributed by atoms with Gasteiger partial charge in [-0.2, -0.15) is 5.10 Å². The maximum absolute atomic E-state index is 12.0. The van der Waals surface area contributed by atoms with Crippen LogP contribution in [0.3, 0.4) is 0 Å². The van der Waals surface area contributed by atoms with Gasteiger partial charge in [-0.1, -0.05) is 67.6 Å². The van der Waals surface area contributed by atoms with Crippen molar-refractivity contribution in [1.82, 2.24) is 30.1 Å². The molecule has 0 spiro atoms. The van der Waals surface area contributed by atoms with E-state index < -0.39 is 0 Å². The molecule has 32 heavy (non-hydrogen) atoms. The van der Waals surface area contributed by atoms with Gasteiger partial charge < -0.3 is 5.32 Å². The van der Waals surface area contributed by atoms with Gasteiger partial charge in [-0.25, -0.2) is 9.36 Å². The third kappa shape index (κ3) is 3.49. The molecule has 0 saturated heterocycles. The van der Waals surface area contributed by atoms with Crippen LogP contribution in [-0.2, 0) is 4.79 Å². The predicted molar refractivity (Wildman–Crippen MR) is 122 cm³/mol. The minimum Gasteiger partial charge on any atom is -0.349 e. The number of nitrogens with one attached hydrogen (secondary N) is 1. The Morgan fingerprint density at radius 3 is 2.44 bits per heavy atom. The number of hydrogen-bond acceptors (Lipinski definition) is 4. The monoisotopic (exact) mass is 426 g/mol. The highest BCUT2D eigenvalue weighted by molar-refractivity contribution is 5.73. The lowest BCUT2D eigenvalue weighted by atomic mass is 9.70. The van der Waals surface area contributed by atoms with Crippen molar-refractivity contribution in [1.29, 1.82) is 0 Å². The van der Waals surface area contributed by atoms with E-state index in [9.17, 15) is 4.79 Å². The first kappa shape index (κ1) is 20.2. The van der Waals surface area contributed by atoms with Gasteiger partial charge in [0.25, 0.3) is 0 Å². The normalized spacial score (nSPS) is 19.3. The van der Waals surface area contributed by atoms with E-state index in [2.05, 4.69) is 29.5 Å². The molecule has 0 aliphatic heterocycles. The number of aromatic nitrogens is 5. The van der Waals surface area contributed by atoms with Crippen LogP contribution in [0, 0.1) is 5.41 Å². The van der Waals surface area contributed by atoms with Crippen LogP contribution in [0.4, 0.5) is 0 Å². The molecule has 2 aromatic heterocycles. The topological polar surface area (TPSA) is 77.6 Å². The average molecular weight is 427 g/mol. The molecule has 2 aromatic carbocycles. The van der Waals surface area contributed by atoms with Crippen LogP contribution in [0.5, 0.6) is 0 Å². The molecule has 0 fully saturated rings. The van der Waals surface area contributed by atoms with Crippen molar-refractivity contribution < 1.29 is 4.79 Å². The number of fused-ring (bicyclic) bond motifs is 1. The van der Waals surface area contributed by atoms with Gasteiger partial charge in [0, 0.05) is 18.1 Å². The quantitative estimate of drug-likeness (QED) is 0.527. The maximum atomic E-state index is 12.0. The summed E-state index contributed by atoms with van der Waals surface area (Å²) < 4.78 is 3.92. The van der Waals surface area contributed by atoms with E-state index in [1.54, 1.807) is 6.92 Å². The molecular formula is C25H26N6O. The highest BCUT2D eigenvalue weighted by Crippen LogP contribution is 2.50. The fourth-order valence-corrected chi connectivity index (χ4v) is 4.81. The van der Waals surface area contributed by atoms with Crippen molar-refractivity contribution in [2.45, 2.75) is 39.3 Å². The lowest BCUT2D eigenvalue weighted by molar-refractivity contribution is -0.120. The molecule has 1 amide bonds.